The number of hydrogen-bond acceptors (Lipinski definition) is 2. The summed E-state index contributed by atoms with van der Waals surface area (Å²) >= 11 is 0. The van der Waals surface area contributed by atoms with E-state index in [1.807, 2.05) is 6.07 Å². The van der Waals surface area contributed by atoms with E-state index in [9.17, 15) is 4.39 Å². The second-order valence-electron chi connectivity index (χ2n) is 7.10. The van der Waals surface area contributed by atoms with Crippen LogP contribution in [0.1, 0.15) is 45.1 Å². The van der Waals surface area contributed by atoms with E-state index in [-0.39, 0.29) is 35.2 Å². The van der Waals surface area contributed by atoms with Crippen molar-refractivity contribution in [2.45, 2.75) is 51.0 Å². The fraction of sp³-hybridized carbons (Fsp3) is 0.650. The zero-order chi connectivity index (χ0) is 17.7. The van der Waals surface area contributed by atoms with Crippen molar-refractivity contribution in [3.8, 4) is 0 Å². The molecule has 26 heavy (non-hydrogen) atoms. The maximum Gasteiger partial charge on any atom is 0.193 e. The molecule has 1 heterocycles. The fourth-order valence-electron chi connectivity index (χ4n) is 3.63. The van der Waals surface area contributed by atoms with E-state index < -0.39 is 0 Å². The van der Waals surface area contributed by atoms with Gasteiger partial charge in [0.1, 0.15) is 5.82 Å². The first-order chi connectivity index (χ1) is 12.2. The average Bonchev–Trinajstić information content (AvgIpc) is 3.41. The molecule has 0 unspecified atom stereocenters. The van der Waals surface area contributed by atoms with Crippen molar-refractivity contribution in [3.63, 3.8) is 0 Å². The average molecular weight is 475 g/mol. The molecular formula is C20H31FIN3O. The summed E-state index contributed by atoms with van der Waals surface area (Å²) in [5.74, 6) is 0.831. The zero-order valence-corrected chi connectivity index (χ0v) is 18.2. The van der Waals surface area contributed by atoms with E-state index >= 15 is 0 Å². The van der Waals surface area contributed by atoms with E-state index in [1.165, 1.54) is 6.07 Å². The number of piperidine rings is 1. The molecule has 0 bridgehead atoms. The van der Waals surface area contributed by atoms with Crippen molar-refractivity contribution < 1.29 is 9.13 Å². The van der Waals surface area contributed by atoms with Crippen molar-refractivity contribution in [1.29, 1.82) is 0 Å². The molecule has 0 atom stereocenters. The van der Waals surface area contributed by atoms with Crippen molar-refractivity contribution in [1.82, 2.24) is 10.2 Å². The molecule has 0 amide bonds. The first-order valence-electron chi connectivity index (χ1n) is 9.58. The molecule has 146 valence electrons. The van der Waals surface area contributed by atoms with Gasteiger partial charge >= 0.3 is 0 Å². The summed E-state index contributed by atoms with van der Waals surface area (Å²) < 4.78 is 19.3. The molecule has 2 fully saturated rings. The van der Waals surface area contributed by atoms with E-state index in [0.29, 0.717) is 6.10 Å². The lowest BCUT2D eigenvalue weighted by Gasteiger charge is -2.34. The molecule has 1 saturated heterocycles. The van der Waals surface area contributed by atoms with Crippen LogP contribution in [0.3, 0.4) is 0 Å². The van der Waals surface area contributed by atoms with Gasteiger partial charge in [-0.3, -0.25) is 4.99 Å². The van der Waals surface area contributed by atoms with Gasteiger partial charge in [0.25, 0.3) is 0 Å². The third kappa shape index (κ3) is 5.31. The summed E-state index contributed by atoms with van der Waals surface area (Å²) in [4.78, 5) is 7.25. The predicted molar refractivity (Wildman–Crippen MR) is 115 cm³/mol. The molecule has 6 heteroatoms. The van der Waals surface area contributed by atoms with Crippen LogP contribution in [0.4, 0.5) is 4.39 Å². The van der Waals surface area contributed by atoms with Crippen LogP contribution in [-0.2, 0) is 10.2 Å². The number of ether oxygens (including phenoxy) is 1. The highest BCUT2D eigenvalue weighted by molar-refractivity contribution is 14.0. The van der Waals surface area contributed by atoms with Gasteiger partial charge in [0, 0.05) is 31.7 Å². The summed E-state index contributed by atoms with van der Waals surface area (Å²) in [6, 6.07) is 7.02. The standard InChI is InChI=1S/C20H30FN3O.HI/c1-3-22-19(24-12-8-18(9-13-24)25-4-2)23-15-20(10-11-20)16-6-5-7-17(21)14-16;/h5-7,14,18H,3-4,8-13,15H2,1-2H3,(H,22,23);1H. The monoisotopic (exact) mass is 475 g/mol. The zero-order valence-electron chi connectivity index (χ0n) is 15.8. The molecule has 0 aromatic heterocycles. The van der Waals surface area contributed by atoms with Gasteiger partial charge in [-0.15, -0.1) is 24.0 Å². The second kappa shape index (κ2) is 9.88. The number of nitrogens with one attached hydrogen (secondary N) is 1. The second-order valence-corrected chi connectivity index (χ2v) is 7.10. The van der Waals surface area contributed by atoms with Crippen LogP contribution in [-0.4, -0.2) is 49.7 Å². The largest absolute Gasteiger partial charge is 0.378 e. The van der Waals surface area contributed by atoms with Crippen LogP contribution in [0.2, 0.25) is 0 Å². The normalized spacial score (nSPS) is 19.8. The van der Waals surface area contributed by atoms with Crippen LogP contribution in [0.5, 0.6) is 0 Å². The number of benzene rings is 1. The summed E-state index contributed by atoms with van der Waals surface area (Å²) in [5.41, 5.74) is 1.12. The smallest absolute Gasteiger partial charge is 0.193 e. The molecule has 3 rings (SSSR count). The Balaban J connectivity index is 0.00000243. The Morgan fingerprint density at radius 2 is 2.04 bits per heavy atom. The Morgan fingerprint density at radius 1 is 1.31 bits per heavy atom. The van der Waals surface area contributed by atoms with Crippen LogP contribution >= 0.6 is 24.0 Å². The number of likely N-dealkylation sites (tertiary alicyclic amines) is 1. The molecule has 0 radical (unpaired) electrons. The molecule has 1 saturated carbocycles. The number of rotatable bonds is 6. The van der Waals surface area contributed by atoms with E-state index in [2.05, 4.69) is 24.1 Å². The molecule has 1 aliphatic carbocycles. The summed E-state index contributed by atoms with van der Waals surface area (Å²) in [7, 11) is 0. The molecule has 1 N–H and O–H groups in total. The van der Waals surface area contributed by atoms with Crippen molar-refractivity contribution >= 4 is 29.9 Å². The lowest BCUT2D eigenvalue weighted by molar-refractivity contribution is 0.0263. The summed E-state index contributed by atoms with van der Waals surface area (Å²) in [6.45, 7) is 8.48. The Bertz CT molecular complexity index is 598. The first-order valence-corrected chi connectivity index (χ1v) is 9.58. The molecule has 1 aromatic carbocycles. The van der Waals surface area contributed by atoms with Crippen LogP contribution < -0.4 is 5.32 Å². The van der Waals surface area contributed by atoms with Crippen molar-refractivity contribution in [2.24, 2.45) is 4.99 Å². The van der Waals surface area contributed by atoms with Gasteiger partial charge in [0.05, 0.1) is 12.6 Å². The van der Waals surface area contributed by atoms with E-state index in [0.717, 1.165) is 70.0 Å². The van der Waals surface area contributed by atoms with Crippen molar-refractivity contribution in [2.75, 3.05) is 32.8 Å². The van der Waals surface area contributed by atoms with Gasteiger partial charge in [0.2, 0.25) is 0 Å². The van der Waals surface area contributed by atoms with E-state index in [1.54, 1.807) is 12.1 Å². The number of nitrogens with zero attached hydrogens (tertiary/aromatic N) is 2. The minimum atomic E-state index is -0.155. The Hall–Kier alpha value is -0.890. The maximum atomic E-state index is 13.6. The van der Waals surface area contributed by atoms with Gasteiger partial charge in [-0.1, -0.05) is 12.1 Å². The third-order valence-electron chi connectivity index (χ3n) is 5.30. The van der Waals surface area contributed by atoms with Crippen LogP contribution in [0, 0.1) is 5.82 Å². The lowest BCUT2D eigenvalue weighted by atomic mass is 9.96. The Labute approximate surface area is 173 Å². The van der Waals surface area contributed by atoms with Crippen LogP contribution in [0.15, 0.2) is 29.3 Å². The minimum absolute atomic E-state index is 0. The van der Waals surface area contributed by atoms with Gasteiger partial charge in [-0.2, -0.15) is 0 Å². The van der Waals surface area contributed by atoms with Gasteiger partial charge in [0.15, 0.2) is 5.96 Å². The molecule has 1 aromatic rings. The molecule has 2 aliphatic rings. The minimum Gasteiger partial charge on any atom is -0.378 e. The molecule has 4 nitrogen and oxygen atoms in total. The fourth-order valence-corrected chi connectivity index (χ4v) is 3.63. The third-order valence-corrected chi connectivity index (χ3v) is 5.30. The quantitative estimate of drug-likeness (QED) is 0.385. The number of guanidine groups is 1. The Kier molecular flexibility index (Phi) is 8.13. The van der Waals surface area contributed by atoms with E-state index in [4.69, 9.17) is 9.73 Å². The highest BCUT2D eigenvalue weighted by atomic mass is 127. The SMILES string of the molecule is CCNC(=NCC1(c2cccc(F)c2)CC1)N1CCC(OCC)CC1.I. The van der Waals surface area contributed by atoms with Gasteiger partial charge in [-0.05, 0) is 57.2 Å². The van der Waals surface area contributed by atoms with Crippen molar-refractivity contribution in [3.05, 3.63) is 35.6 Å². The molecule has 1 aliphatic heterocycles. The number of hydrogen-bond donors (Lipinski definition) is 1. The highest BCUT2D eigenvalue weighted by Gasteiger charge is 2.44. The Morgan fingerprint density at radius 3 is 2.62 bits per heavy atom. The molecular weight excluding hydrogens is 444 g/mol. The van der Waals surface area contributed by atoms with Gasteiger partial charge < -0.3 is 15.0 Å². The maximum absolute atomic E-state index is 13.6. The topological polar surface area (TPSA) is 36.9 Å². The first kappa shape index (κ1) is 21.4. The predicted octanol–water partition coefficient (Wildman–Crippen LogP) is 3.94. The van der Waals surface area contributed by atoms with Gasteiger partial charge in [-0.25, -0.2) is 4.39 Å². The summed E-state index contributed by atoms with van der Waals surface area (Å²) in [6.07, 6.45) is 4.66. The lowest BCUT2D eigenvalue weighted by Crippen LogP contribution is -2.47. The number of halogens is 2. The number of aliphatic imine (C=N–C) groups is 1. The van der Waals surface area contributed by atoms with Crippen LogP contribution in [0.25, 0.3) is 0 Å². The molecule has 0 spiro atoms. The highest BCUT2D eigenvalue weighted by Crippen LogP contribution is 2.48. The summed E-state index contributed by atoms with van der Waals surface area (Å²) in [5, 5.41) is 3.42.